The number of rotatable bonds is 5. The van der Waals surface area contributed by atoms with Gasteiger partial charge in [0.1, 0.15) is 17.0 Å². The van der Waals surface area contributed by atoms with Crippen LogP contribution in [-0.4, -0.2) is 21.8 Å². The van der Waals surface area contributed by atoms with E-state index < -0.39 is 0 Å². The average Bonchev–Trinajstić information content (AvgIpc) is 2.83. The third-order valence-electron chi connectivity index (χ3n) is 2.83. The van der Waals surface area contributed by atoms with Crippen molar-refractivity contribution in [2.75, 3.05) is 12.3 Å². The van der Waals surface area contributed by atoms with Gasteiger partial charge >= 0.3 is 0 Å². The van der Waals surface area contributed by atoms with E-state index in [0.29, 0.717) is 23.4 Å². The summed E-state index contributed by atoms with van der Waals surface area (Å²) in [5.41, 5.74) is 6.63. The van der Waals surface area contributed by atoms with Gasteiger partial charge in [0.25, 0.3) is 0 Å². The van der Waals surface area contributed by atoms with Gasteiger partial charge in [-0.25, -0.2) is 4.98 Å². The molecule has 0 aromatic carbocycles. The molecule has 0 bridgehead atoms. The minimum Gasteiger partial charge on any atom is -0.476 e. The van der Waals surface area contributed by atoms with E-state index in [1.165, 1.54) is 25.7 Å². The summed E-state index contributed by atoms with van der Waals surface area (Å²) in [5, 5.41) is 1.53. The fourth-order valence-corrected chi connectivity index (χ4v) is 3.14. The summed E-state index contributed by atoms with van der Waals surface area (Å²) in [4.78, 5) is 8.34. The van der Waals surface area contributed by atoms with Crippen LogP contribution in [0.15, 0.2) is 11.4 Å². The number of aromatic nitrogens is 2. The molecule has 1 aromatic rings. The van der Waals surface area contributed by atoms with Gasteiger partial charge in [-0.1, -0.05) is 19.8 Å². The predicted molar refractivity (Wildman–Crippen MR) is 70.3 cm³/mol. The summed E-state index contributed by atoms with van der Waals surface area (Å²) in [6.45, 7) is 2.71. The Bertz CT molecular complexity index is 367. The van der Waals surface area contributed by atoms with Crippen LogP contribution >= 0.6 is 11.8 Å². The first-order valence-corrected chi connectivity index (χ1v) is 7.09. The number of nitrogens with zero attached hydrogens (tertiary/aromatic N) is 2. The molecule has 2 rings (SSSR count). The lowest BCUT2D eigenvalue weighted by atomic mass is 10.4. The van der Waals surface area contributed by atoms with Crippen LogP contribution in [0, 0.1) is 0 Å². The molecule has 1 fully saturated rings. The maximum absolute atomic E-state index is 6.03. The Labute approximate surface area is 106 Å². The predicted octanol–water partition coefficient (Wildman–Crippen LogP) is 2.88. The Kier molecular flexibility index (Phi) is 4.48. The highest BCUT2D eigenvalue weighted by Crippen LogP contribution is 2.37. The van der Waals surface area contributed by atoms with Crippen LogP contribution in [0.3, 0.4) is 0 Å². The maximum Gasteiger partial charge on any atom is 0.241 e. The van der Waals surface area contributed by atoms with E-state index in [2.05, 4.69) is 16.9 Å². The number of anilines is 1. The van der Waals surface area contributed by atoms with Crippen LogP contribution in [0.2, 0.25) is 0 Å². The Morgan fingerprint density at radius 2 is 2.18 bits per heavy atom. The van der Waals surface area contributed by atoms with Gasteiger partial charge in [-0.3, -0.25) is 0 Å². The molecule has 0 atom stereocenters. The molecule has 0 radical (unpaired) electrons. The molecule has 1 aliphatic carbocycles. The van der Waals surface area contributed by atoms with Crippen molar-refractivity contribution in [2.45, 2.75) is 49.3 Å². The van der Waals surface area contributed by atoms with E-state index in [0.717, 1.165) is 11.4 Å². The Hall–Kier alpha value is -0.970. The van der Waals surface area contributed by atoms with Crippen LogP contribution in [-0.2, 0) is 0 Å². The maximum atomic E-state index is 6.03. The number of ether oxygens (including phenoxy) is 1. The van der Waals surface area contributed by atoms with Gasteiger partial charge in [-0.05, 0) is 19.3 Å². The van der Waals surface area contributed by atoms with Crippen molar-refractivity contribution in [3.05, 3.63) is 6.33 Å². The van der Waals surface area contributed by atoms with E-state index in [9.17, 15) is 0 Å². The van der Waals surface area contributed by atoms with Crippen LogP contribution in [0.4, 0.5) is 5.69 Å². The summed E-state index contributed by atoms with van der Waals surface area (Å²) in [6.07, 6.45) is 7.66. The first-order chi connectivity index (χ1) is 8.31. The Morgan fingerprint density at radius 1 is 1.41 bits per heavy atom. The monoisotopic (exact) mass is 253 g/mol. The zero-order chi connectivity index (χ0) is 12.1. The molecule has 94 valence electrons. The molecule has 1 saturated carbocycles. The van der Waals surface area contributed by atoms with Crippen molar-refractivity contribution in [1.29, 1.82) is 0 Å². The molecule has 0 spiro atoms. The molecule has 1 aliphatic rings. The highest BCUT2D eigenvalue weighted by Gasteiger charge is 2.19. The molecule has 1 aromatic heterocycles. The first kappa shape index (κ1) is 12.5. The van der Waals surface area contributed by atoms with E-state index in [1.54, 1.807) is 18.1 Å². The molecular formula is C12H19N3OS. The number of nitrogens with two attached hydrogens (primary N) is 1. The summed E-state index contributed by atoms with van der Waals surface area (Å²) in [7, 11) is 0. The SMILES string of the molecule is CCCOc1ncnc(SC2CCCC2)c1N. The molecule has 4 nitrogen and oxygen atoms in total. The van der Waals surface area contributed by atoms with Crippen LogP contribution in [0.25, 0.3) is 0 Å². The smallest absolute Gasteiger partial charge is 0.241 e. The number of hydrogen-bond acceptors (Lipinski definition) is 5. The van der Waals surface area contributed by atoms with Gasteiger partial charge in [-0.2, -0.15) is 4.98 Å². The van der Waals surface area contributed by atoms with Gasteiger partial charge in [0.2, 0.25) is 5.88 Å². The second-order valence-corrected chi connectivity index (χ2v) is 5.56. The zero-order valence-electron chi connectivity index (χ0n) is 10.2. The van der Waals surface area contributed by atoms with Crippen molar-refractivity contribution < 1.29 is 4.74 Å². The van der Waals surface area contributed by atoms with Crippen LogP contribution in [0.1, 0.15) is 39.0 Å². The summed E-state index contributed by atoms with van der Waals surface area (Å²) < 4.78 is 5.50. The summed E-state index contributed by atoms with van der Waals surface area (Å²) in [6, 6.07) is 0. The largest absolute Gasteiger partial charge is 0.476 e. The normalized spacial score (nSPS) is 16.3. The van der Waals surface area contributed by atoms with Crippen LogP contribution < -0.4 is 10.5 Å². The van der Waals surface area contributed by atoms with Crippen LogP contribution in [0.5, 0.6) is 5.88 Å². The highest BCUT2D eigenvalue weighted by atomic mass is 32.2. The number of nitrogen functional groups attached to an aromatic ring is 1. The molecule has 1 heterocycles. The van der Waals surface area contributed by atoms with Gasteiger partial charge in [-0.15, -0.1) is 11.8 Å². The molecule has 0 amide bonds. The molecule has 17 heavy (non-hydrogen) atoms. The van der Waals surface area contributed by atoms with Gasteiger partial charge in [0, 0.05) is 5.25 Å². The minimum atomic E-state index is 0.530. The Morgan fingerprint density at radius 3 is 2.88 bits per heavy atom. The minimum absolute atomic E-state index is 0.530. The van der Waals surface area contributed by atoms with Gasteiger partial charge in [0.05, 0.1) is 6.61 Å². The second kappa shape index (κ2) is 6.10. The van der Waals surface area contributed by atoms with Crippen molar-refractivity contribution in [2.24, 2.45) is 0 Å². The number of thioether (sulfide) groups is 1. The topological polar surface area (TPSA) is 61.0 Å². The van der Waals surface area contributed by atoms with Crippen molar-refractivity contribution >= 4 is 17.4 Å². The van der Waals surface area contributed by atoms with Crippen molar-refractivity contribution in [1.82, 2.24) is 9.97 Å². The molecular weight excluding hydrogens is 234 g/mol. The van der Waals surface area contributed by atoms with E-state index in [-0.39, 0.29) is 0 Å². The third-order valence-corrected chi connectivity index (χ3v) is 4.19. The van der Waals surface area contributed by atoms with Gasteiger partial charge in [0.15, 0.2) is 0 Å². The fourth-order valence-electron chi connectivity index (χ4n) is 1.94. The highest BCUT2D eigenvalue weighted by molar-refractivity contribution is 8.00. The quantitative estimate of drug-likeness (QED) is 0.818. The van der Waals surface area contributed by atoms with Crippen molar-refractivity contribution in [3.63, 3.8) is 0 Å². The van der Waals surface area contributed by atoms with Gasteiger partial charge < -0.3 is 10.5 Å². The summed E-state index contributed by atoms with van der Waals surface area (Å²) in [5.74, 6) is 0.530. The van der Waals surface area contributed by atoms with E-state index in [1.807, 2.05) is 0 Å². The van der Waals surface area contributed by atoms with Crippen molar-refractivity contribution in [3.8, 4) is 5.88 Å². The molecule has 5 heteroatoms. The lowest BCUT2D eigenvalue weighted by Crippen LogP contribution is -2.05. The molecule has 0 saturated heterocycles. The zero-order valence-corrected chi connectivity index (χ0v) is 11.0. The lowest BCUT2D eigenvalue weighted by molar-refractivity contribution is 0.305. The summed E-state index contributed by atoms with van der Waals surface area (Å²) >= 11 is 1.77. The first-order valence-electron chi connectivity index (χ1n) is 6.21. The fraction of sp³-hybridized carbons (Fsp3) is 0.667. The standard InChI is InChI=1S/C12H19N3OS/c1-2-7-16-11-10(13)12(15-8-14-11)17-9-5-3-4-6-9/h8-9H,2-7,13H2,1H3. The van der Waals surface area contributed by atoms with E-state index >= 15 is 0 Å². The lowest BCUT2D eigenvalue weighted by Gasteiger charge is -2.12. The Balaban J connectivity index is 2.05. The average molecular weight is 253 g/mol. The molecule has 2 N–H and O–H groups in total. The van der Waals surface area contributed by atoms with E-state index in [4.69, 9.17) is 10.5 Å². The number of hydrogen-bond donors (Lipinski definition) is 1. The third kappa shape index (κ3) is 3.25. The molecule has 0 unspecified atom stereocenters. The molecule has 0 aliphatic heterocycles. The second-order valence-electron chi connectivity index (χ2n) is 4.27.